The van der Waals surface area contributed by atoms with Gasteiger partial charge in [0.2, 0.25) is 41.4 Å². The van der Waals surface area contributed by atoms with Gasteiger partial charge < -0.3 is 63.7 Å². The molecule has 0 unspecified atom stereocenters. The third-order valence-corrected chi connectivity index (χ3v) is 12.0. The summed E-state index contributed by atoms with van der Waals surface area (Å²) >= 11 is 0. The van der Waals surface area contributed by atoms with Gasteiger partial charge >= 0.3 is 5.97 Å². The maximum Gasteiger partial charge on any atom is 0.326 e. The summed E-state index contributed by atoms with van der Waals surface area (Å²) in [4.78, 5) is 121. The number of carboxylic acids is 1. The molecule has 0 aromatic carbocycles. The van der Waals surface area contributed by atoms with Crippen LogP contribution < -0.4 is 48.7 Å². The Morgan fingerprint density at radius 3 is 1.85 bits per heavy atom. The summed E-state index contributed by atoms with van der Waals surface area (Å²) < 4.78 is 0. The van der Waals surface area contributed by atoms with Gasteiger partial charge in [-0.3, -0.25) is 38.6 Å². The smallest absolute Gasteiger partial charge is 0.326 e. The van der Waals surface area contributed by atoms with Gasteiger partial charge in [0, 0.05) is 31.4 Å². The van der Waals surface area contributed by atoms with Gasteiger partial charge in [-0.2, -0.15) is 0 Å². The summed E-state index contributed by atoms with van der Waals surface area (Å²) in [6, 6.07) is -7.85. The van der Waals surface area contributed by atoms with Crippen molar-refractivity contribution < 1.29 is 43.5 Å². The molecule has 1 fully saturated rings. The molecular formula is C43H75N13O9. The van der Waals surface area contributed by atoms with E-state index in [1.54, 1.807) is 41.7 Å². The van der Waals surface area contributed by atoms with Crippen LogP contribution >= 0.6 is 0 Å². The predicted molar refractivity (Wildman–Crippen MR) is 243 cm³/mol. The number of carbonyl (C=O) groups is 8. The number of guanidine groups is 1. The molecule has 65 heavy (non-hydrogen) atoms. The van der Waals surface area contributed by atoms with Gasteiger partial charge in [-0.25, -0.2) is 9.78 Å². The maximum absolute atomic E-state index is 14.4. The normalized spacial score (nSPS) is 17.8. The molecule has 1 aliphatic rings. The van der Waals surface area contributed by atoms with Crippen LogP contribution in [0, 0.1) is 23.7 Å². The Morgan fingerprint density at radius 1 is 0.785 bits per heavy atom. The molecular weight excluding hydrogens is 843 g/mol. The Labute approximate surface area is 382 Å². The lowest BCUT2D eigenvalue weighted by molar-refractivity contribution is -0.146. The van der Waals surface area contributed by atoms with Crippen molar-refractivity contribution in [2.24, 2.45) is 40.1 Å². The molecule has 0 radical (unpaired) electrons. The van der Waals surface area contributed by atoms with E-state index in [0.717, 1.165) is 0 Å². The third kappa shape index (κ3) is 17.3. The fourth-order valence-corrected chi connectivity index (χ4v) is 7.37. The van der Waals surface area contributed by atoms with Crippen LogP contribution in [0.5, 0.6) is 0 Å². The number of nitrogens with zero attached hydrogens (tertiary/aromatic N) is 3. The van der Waals surface area contributed by atoms with E-state index in [2.05, 4.69) is 52.2 Å². The number of aromatic nitrogens is 2. The van der Waals surface area contributed by atoms with Crippen molar-refractivity contribution in [3.63, 3.8) is 0 Å². The van der Waals surface area contributed by atoms with E-state index in [4.69, 9.17) is 11.5 Å². The molecule has 0 spiro atoms. The molecule has 2 heterocycles. The summed E-state index contributed by atoms with van der Waals surface area (Å²) in [6.07, 6.45) is 5.54. The molecule has 10 atom stereocenters. The molecule has 1 aromatic rings. The number of amides is 7. The Hall–Kier alpha value is -5.80. The number of hydrogen-bond donors (Lipinski definition) is 11. The Morgan fingerprint density at radius 2 is 1.34 bits per heavy atom. The van der Waals surface area contributed by atoms with Gasteiger partial charge in [0.1, 0.15) is 42.3 Å². The minimum absolute atomic E-state index is 0.0363. The van der Waals surface area contributed by atoms with Crippen LogP contribution in [0.15, 0.2) is 17.5 Å². The van der Waals surface area contributed by atoms with Crippen molar-refractivity contribution in [1.29, 1.82) is 0 Å². The number of H-pyrrole nitrogens is 1. The molecule has 0 aliphatic carbocycles. The first-order chi connectivity index (χ1) is 30.7. The van der Waals surface area contributed by atoms with Gasteiger partial charge in [-0.05, 0) is 56.4 Å². The van der Waals surface area contributed by atoms with Gasteiger partial charge in [0.05, 0.1) is 12.9 Å². The zero-order chi connectivity index (χ0) is 49.0. The van der Waals surface area contributed by atoms with Crippen LogP contribution in [0.3, 0.4) is 0 Å². The van der Waals surface area contributed by atoms with Crippen molar-refractivity contribution in [1.82, 2.24) is 52.1 Å². The first kappa shape index (κ1) is 55.3. The highest BCUT2D eigenvalue weighted by atomic mass is 16.4. The van der Waals surface area contributed by atoms with E-state index in [0.29, 0.717) is 44.2 Å². The molecule has 13 N–H and O–H groups in total. The Balaban J connectivity index is 2.37. The van der Waals surface area contributed by atoms with Crippen molar-refractivity contribution in [3.8, 4) is 0 Å². The van der Waals surface area contributed by atoms with Gasteiger partial charge in [-0.1, -0.05) is 74.7 Å². The molecule has 366 valence electrons. The summed E-state index contributed by atoms with van der Waals surface area (Å²) in [7, 11) is 1.58. The monoisotopic (exact) mass is 918 g/mol. The van der Waals surface area contributed by atoms with Crippen molar-refractivity contribution in [2.45, 2.75) is 149 Å². The highest BCUT2D eigenvalue weighted by molar-refractivity contribution is 5.98. The van der Waals surface area contributed by atoms with Gasteiger partial charge in [0.25, 0.3) is 0 Å². The van der Waals surface area contributed by atoms with Crippen LogP contribution in [0.2, 0.25) is 0 Å². The maximum atomic E-state index is 14.4. The van der Waals surface area contributed by atoms with Crippen LogP contribution in [-0.4, -0.2) is 142 Å². The molecule has 2 rings (SSSR count). The minimum Gasteiger partial charge on any atom is -0.480 e. The molecule has 7 amide bonds. The second-order valence-electron chi connectivity index (χ2n) is 17.3. The summed E-state index contributed by atoms with van der Waals surface area (Å²) in [5.74, 6) is -7.28. The van der Waals surface area contributed by atoms with Crippen LogP contribution in [0.25, 0.3) is 0 Å². The Kier molecular flexibility index (Phi) is 23.4. The van der Waals surface area contributed by atoms with E-state index < -0.39 is 107 Å². The molecule has 1 saturated heterocycles. The molecule has 0 bridgehead atoms. The standard InChI is InChI=1S/C43H75N13O9/c1-10-24(6)33(39(61)51-29(19-27-20-47-22-49-27)41(63)56-18-14-16-30(56)37(59)55-35(42(64)65)26(8)12-3)54-40(62)34(25(7)11-2)53-38(60)32(23(4)5)52-36(58)28(50-31(57)21-46-9)15-13-17-48-43(44)45/h20,22-26,28-30,32-35,46H,10-19,21H2,1-9H3,(H,47,49)(H,50,57)(H,51,61)(H,52,58)(H,53,60)(H,54,62)(H,55,59)(H,64,65)(H4,44,45,48)/t24-,25-,26-,28-,29-,30-,32-,33-,34-,35-/m0/s1. The van der Waals surface area contributed by atoms with Crippen molar-refractivity contribution >= 4 is 53.3 Å². The van der Waals surface area contributed by atoms with Crippen molar-refractivity contribution in [2.75, 3.05) is 26.7 Å². The zero-order valence-corrected chi connectivity index (χ0v) is 39.5. The highest BCUT2D eigenvalue weighted by Gasteiger charge is 2.41. The van der Waals surface area contributed by atoms with E-state index in [9.17, 15) is 43.5 Å². The first-order valence-corrected chi connectivity index (χ1v) is 22.7. The number of aliphatic imine (C=N–C) groups is 1. The highest BCUT2D eigenvalue weighted by Crippen LogP contribution is 2.22. The number of likely N-dealkylation sites (tertiary alicyclic amines) is 1. The third-order valence-electron chi connectivity index (χ3n) is 12.0. The van der Waals surface area contributed by atoms with E-state index in [1.807, 2.05) is 20.8 Å². The quantitative estimate of drug-likeness (QED) is 0.0274. The molecule has 22 nitrogen and oxygen atoms in total. The molecule has 0 saturated carbocycles. The fourth-order valence-electron chi connectivity index (χ4n) is 7.37. The van der Waals surface area contributed by atoms with E-state index in [1.165, 1.54) is 17.4 Å². The minimum atomic E-state index is -1.22. The second-order valence-corrected chi connectivity index (χ2v) is 17.3. The number of aromatic amines is 1. The summed E-state index contributed by atoms with van der Waals surface area (Å²) in [5.41, 5.74) is 11.4. The largest absolute Gasteiger partial charge is 0.480 e. The number of rotatable bonds is 28. The van der Waals surface area contributed by atoms with Gasteiger partial charge in [0.15, 0.2) is 5.96 Å². The summed E-state index contributed by atoms with van der Waals surface area (Å²) in [6.45, 7) is 14.5. The number of hydrogen-bond acceptors (Lipinski definition) is 11. The lowest BCUT2D eigenvalue weighted by Gasteiger charge is -2.33. The predicted octanol–water partition coefficient (Wildman–Crippen LogP) is -0.996. The molecule has 1 aromatic heterocycles. The average Bonchev–Trinajstić information content (AvgIpc) is 3.98. The Bertz CT molecular complexity index is 1770. The second kappa shape index (κ2) is 27.5. The summed E-state index contributed by atoms with van der Waals surface area (Å²) in [5, 5.41) is 29.0. The molecule has 22 heteroatoms. The SMILES string of the molecule is CC[C@H](C)[C@H](NC(=O)[C@@H]1CCCN1C(=O)[C@H](Cc1cnc[nH]1)NC(=O)[C@@H](NC(=O)[C@@H](NC(=O)[C@@H](NC(=O)[C@H](CCCN=C(N)N)NC(=O)CNC)C(C)C)[C@@H](C)CC)[C@@H](C)CC)C(=O)O. The lowest BCUT2D eigenvalue weighted by Crippen LogP contribution is -2.62. The van der Waals surface area contributed by atoms with E-state index in [-0.39, 0.29) is 44.4 Å². The van der Waals surface area contributed by atoms with Gasteiger partial charge in [-0.15, -0.1) is 0 Å². The number of likely N-dealkylation sites (N-methyl/N-ethyl adjacent to an activating group) is 1. The number of nitrogens with one attached hydrogen (secondary N) is 8. The number of carbonyl (C=O) groups excluding carboxylic acids is 7. The fraction of sp³-hybridized carbons (Fsp3) is 0.721. The van der Waals surface area contributed by atoms with Crippen LogP contribution in [0.4, 0.5) is 0 Å². The zero-order valence-electron chi connectivity index (χ0n) is 39.5. The molecule has 1 aliphatic heterocycles. The van der Waals surface area contributed by atoms with Crippen LogP contribution in [-0.2, 0) is 44.8 Å². The average molecular weight is 918 g/mol. The van der Waals surface area contributed by atoms with Crippen molar-refractivity contribution in [3.05, 3.63) is 18.2 Å². The topological polar surface area (TPSA) is 337 Å². The van der Waals surface area contributed by atoms with Crippen LogP contribution in [0.1, 0.15) is 106 Å². The number of imidazole rings is 1. The number of aliphatic carboxylic acids is 1. The lowest BCUT2D eigenvalue weighted by atomic mass is 9.93. The number of carboxylic acid groups (broad SMARTS) is 1. The first-order valence-electron chi connectivity index (χ1n) is 22.7. The number of nitrogens with two attached hydrogens (primary N) is 2. The van der Waals surface area contributed by atoms with E-state index >= 15 is 0 Å².